The maximum atomic E-state index is 6.31. The van der Waals surface area contributed by atoms with Crippen LogP contribution >= 0.6 is 0 Å². The van der Waals surface area contributed by atoms with Crippen LogP contribution in [0.25, 0.3) is 0 Å². The summed E-state index contributed by atoms with van der Waals surface area (Å²) in [6.07, 6.45) is 2.16. The van der Waals surface area contributed by atoms with Crippen LogP contribution in [0.3, 0.4) is 0 Å². The van der Waals surface area contributed by atoms with E-state index >= 15 is 0 Å². The van der Waals surface area contributed by atoms with Crippen LogP contribution in [0.4, 0.5) is 0 Å². The number of hydrogen-bond acceptors (Lipinski definition) is 8. The van der Waals surface area contributed by atoms with Gasteiger partial charge < -0.3 is 37.6 Å². The third-order valence-electron chi connectivity index (χ3n) is 4.92. The van der Waals surface area contributed by atoms with Gasteiger partial charge in [-0.3, -0.25) is 0 Å². The SMILES string of the molecule is CC.CCC[Si](C)(C)OC[Si](C)(C)CCOCCOCCOCCOCCOCCOCCOC. The van der Waals surface area contributed by atoms with E-state index in [0.717, 1.165) is 18.9 Å². The molecular weight excluding hydrogens is 484 g/mol. The van der Waals surface area contributed by atoms with E-state index in [1.54, 1.807) is 7.11 Å². The van der Waals surface area contributed by atoms with Crippen molar-refractivity contribution in [1.29, 1.82) is 0 Å². The summed E-state index contributed by atoms with van der Waals surface area (Å²) in [5.41, 5.74) is 0. The third-order valence-corrected chi connectivity index (χ3v) is 10.3. The fourth-order valence-electron chi connectivity index (χ4n) is 2.83. The molecule has 0 radical (unpaired) electrons. The largest absolute Gasteiger partial charge is 0.421 e. The maximum absolute atomic E-state index is 6.31. The fourth-order valence-corrected chi connectivity index (χ4v) is 8.15. The summed E-state index contributed by atoms with van der Waals surface area (Å²) >= 11 is 0. The van der Waals surface area contributed by atoms with Crippen molar-refractivity contribution in [2.75, 3.05) is 99.2 Å². The molecule has 0 saturated heterocycles. The molecule has 214 valence electrons. The predicted molar refractivity (Wildman–Crippen MR) is 149 cm³/mol. The molecule has 10 heteroatoms. The molecule has 0 rings (SSSR count). The molecule has 0 aliphatic heterocycles. The Morgan fingerprint density at radius 2 is 0.829 bits per heavy atom. The summed E-state index contributed by atoms with van der Waals surface area (Å²) in [7, 11) is -1.17. The van der Waals surface area contributed by atoms with Crippen molar-refractivity contribution >= 4 is 16.4 Å². The van der Waals surface area contributed by atoms with Crippen LogP contribution in [-0.2, 0) is 37.6 Å². The first kappa shape index (κ1) is 37.3. The summed E-state index contributed by atoms with van der Waals surface area (Å²) in [5.74, 6) is 0. The second-order valence-corrected chi connectivity index (χ2v) is 18.8. The first-order valence-corrected chi connectivity index (χ1v) is 20.0. The lowest BCUT2D eigenvalue weighted by Gasteiger charge is -2.29. The minimum absolute atomic E-state index is 0.554. The van der Waals surface area contributed by atoms with Crippen LogP contribution in [0.15, 0.2) is 0 Å². The van der Waals surface area contributed by atoms with Crippen molar-refractivity contribution < 1.29 is 37.6 Å². The van der Waals surface area contributed by atoms with Gasteiger partial charge in [-0.2, -0.15) is 0 Å². The van der Waals surface area contributed by atoms with E-state index in [1.165, 1.54) is 12.5 Å². The van der Waals surface area contributed by atoms with Gasteiger partial charge in [-0.05, 0) is 25.2 Å². The highest BCUT2D eigenvalue weighted by molar-refractivity contribution is 6.79. The van der Waals surface area contributed by atoms with E-state index in [9.17, 15) is 0 Å². The van der Waals surface area contributed by atoms with Gasteiger partial charge in [0, 0.05) is 19.9 Å². The van der Waals surface area contributed by atoms with E-state index in [2.05, 4.69) is 33.1 Å². The highest BCUT2D eigenvalue weighted by Crippen LogP contribution is 2.18. The smallest absolute Gasteiger partial charge is 0.186 e. The Kier molecular flexibility index (Phi) is 28.9. The zero-order valence-corrected chi connectivity index (χ0v) is 26.3. The molecule has 0 fully saturated rings. The number of rotatable bonds is 26. The van der Waals surface area contributed by atoms with Gasteiger partial charge in [0.1, 0.15) is 0 Å². The summed E-state index contributed by atoms with van der Waals surface area (Å²) in [6.45, 7) is 23.4. The molecule has 0 N–H and O–H groups in total. The van der Waals surface area contributed by atoms with Gasteiger partial charge in [-0.15, -0.1) is 0 Å². The molecular formula is C25H58O8Si2. The van der Waals surface area contributed by atoms with Gasteiger partial charge in [0.2, 0.25) is 0 Å². The molecule has 0 spiro atoms. The highest BCUT2D eigenvalue weighted by atomic mass is 28.4. The van der Waals surface area contributed by atoms with Crippen molar-refractivity contribution in [2.45, 2.75) is 65.5 Å². The fraction of sp³-hybridized carbons (Fsp3) is 1.00. The van der Waals surface area contributed by atoms with E-state index in [1.807, 2.05) is 13.8 Å². The van der Waals surface area contributed by atoms with Crippen LogP contribution in [0.2, 0.25) is 38.3 Å². The topological polar surface area (TPSA) is 73.8 Å². The second kappa shape index (κ2) is 27.2. The normalized spacial score (nSPS) is 12.0. The third kappa shape index (κ3) is 30.2. The Bertz CT molecular complexity index is 415. The minimum Gasteiger partial charge on any atom is -0.421 e. The Morgan fingerprint density at radius 3 is 1.17 bits per heavy atom. The standard InChI is InChI=1S/C23H52O8Si2.C2H6/c1-7-21-33(5,6)31-23-32(3,4)22-20-30-19-18-29-17-16-28-15-14-27-13-12-26-11-10-25-9-8-24-2;1-2/h7-23H2,1-6H3;1-2H3. The lowest BCUT2D eigenvalue weighted by molar-refractivity contribution is -0.0187. The molecule has 0 aromatic carbocycles. The molecule has 0 aliphatic carbocycles. The summed E-state index contributed by atoms with van der Waals surface area (Å²) in [5, 5.41) is 0. The molecule has 0 aromatic rings. The quantitative estimate of drug-likeness (QED) is 0.116. The Hall–Kier alpha value is 0.114. The van der Waals surface area contributed by atoms with Crippen molar-refractivity contribution in [2.24, 2.45) is 0 Å². The summed E-state index contributed by atoms with van der Waals surface area (Å²) in [6, 6.07) is 2.36. The van der Waals surface area contributed by atoms with Gasteiger partial charge in [-0.25, -0.2) is 0 Å². The Balaban J connectivity index is 0. The average molecular weight is 543 g/mol. The van der Waals surface area contributed by atoms with Crippen molar-refractivity contribution in [3.05, 3.63) is 0 Å². The molecule has 0 saturated carbocycles. The van der Waals surface area contributed by atoms with Gasteiger partial charge in [0.15, 0.2) is 8.32 Å². The number of methoxy groups -OCH3 is 1. The number of ether oxygens (including phenoxy) is 7. The monoisotopic (exact) mass is 542 g/mol. The van der Waals surface area contributed by atoms with Gasteiger partial charge in [0.25, 0.3) is 0 Å². The molecule has 0 amide bonds. The van der Waals surface area contributed by atoms with E-state index in [4.69, 9.17) is 37.6 Å². The molecule has 0 heterocycles. The molecule has 0 aromatic heterocycles. The molecule has 35 heavy (non-hydrogen) atoms. The number of hydrogen-bond donors (Lipinski definition) is 0. The van der Waals surface area contributed by atoms with Gasteiger partial charge >= 0.3 is 0 Å². The van der Waals surface area contributed by atoms with Crippen molar-refractivity contribution in [1.82, 2.24) is 0 Å². The van der Waals surface area contributed by atoms with Crippen LogP contribution in [0.5, 0.6) is 0 Å². The molecule has 8 nitrogen and oxygen atoms in total. The van der Waals surface area contributed by atoms with Crippen LogP contribution in [0, 0.1) is 0 Å². The zero-order valence-electron chi connectivity index (χ0n) is 24.3. The van der Waals surface area contributed by atoms with Crippen LogP contribution in [-0.4, -0.2) is 116 Å². The first-order chi connectivity index (χ1) is 16.8. The Morgan fingerprint density at radius 1 is 0.486 bits per heavy atom. The minimum atomic E-state index is -1.47. The van der Waals surface area contributed by atoms with Gasteiger partial charge in [-0.1, -0.05) is 40.3 Å². The average Bonchev–Trinajstić information content (AvgIpc) is 2.83. The van der Waals surface area contributed by atoms with Crippen LogP contribution < -0.4 is 0 Å². The molecule has 0 aliphatic rings. The second-order valence-electron chi connectivity index (χ2n) is 9.38. The zero-order chi connectivity index (χ0) is 26.7. The molecule has 0 bridgehead atoms. The van der Waals surface area contributed by atoms with Crippen molar-refractivity contribution in [3.63, 3.8) is 0 Å². The predicted octanol–water partition coefficient (Wildman–Crippen LogP) is 4.64. The summed E-state index contributed by atoms with van der Waals surface area (Å²) < 4.78 is 44.2. The lowest BCUT2D eigenvalue weighted by Crippen LogP contribution is -2.41. The lowest BCUT2D eigenvalue weighted by atomic mass is 10.6. The van der Waals surface area contributed by atoms with Crippen molar-refractivity contribution in [3.8, 4) is 0 Å². The van der Waals surface area contributed by atoms with E-state index < -0.39 is 16.4 Å². The van der Waals surface area contributed by atoms with Crippen LogP contribution in [0.1, 0.15) is 27.2 Å². The van der Waals surface area contributed by atoms with E-state index in [0.29, 0.717) is 79.3 Å². The highest BCUT2D eigenvalue weighted by Gasteiger charge is 2.27. The maximum Gasteiger partial charge on any atom is 0.186 e. The Labute approximate surface area is 218 Å². The van der Waals surface area contributed by atoms with Gasteiger partial charge in [0.05, 0.1) is 87.4 Å². The summed E-state index contributed by atoms with van der Waals surface area (Å²) in [4.78, 5) is 0. The molecule has 0 atom stereocenters. The van der Waals surface area contributed by atoms with E-state index in [-0.39, 0.29) is 0 Å². The first-order valence-electron chi connectivity index (χ1n) is 13.4. The molecule has 0 unspecified atom stereocenters.